The lowest BCUT2D eigenvalue weighted by molar-refractivity contribution is -0.120. The number of carbonyl (C=O) groups is 1. The van der Waals surface area contributed by atoms with Gasteiger partial charge in [0.15, 0.2) is 0 Å². The van der Waals surface area contributed by atoms with E-state index in [2.05, 4.69) is 26.9 Å². The summed E-state index contributed by atoms with van der Waals surface area (Å²) in [6.07, 6.45) is 0. The molecule has 0 saturated heterocycles. The smallest absolute Gasteiger partial charge is 0.231 e. The highest BCUT2D eigenvalue weighted by Crippen LogP contribution is 2.22. The van der Waals surface area contributed by atoms with E-state index in [1.807, 2.05) is 45.9 Å². The second-order valence-corrected chi connectivity index (χ2v) is 7.41. The Morgan fingerprint density at radius 3 is 2.80 bits per heavy atom. The second kappa shape index (κ2) is 7.66. The summed E-state index contributed by atoms with van der Waals surface area (Å²) in [5.41, 5.74) is 2.14. The van der Waals surface area contributed by atoms with Crippen molar-refractivity contribution in [2.75, 3.05) is 5.75 Å². The summed E-state index contributed by atoms with van der Waals surface area (Å²) in [5, 5.41) is 24.4. The summed E-state index contributed by atoms with van der Waals surface area (Å²) in [6, 6.07) is 8.20. The highest BCUT2D eigenvalue weighted by Gasteiger charge is 2.30. The van der Waals surface area contributed by atoms with Crippen molar-refractivity contribution < 1.29 is 4.79 Å². The zero-order valence-electron chi connectivity index (χ0n) is 15.1. The number of hydrogen-bond acceptors (Lipinski definition) is 6. The molecule has 0 aliphatic carbocycles. The molecule has 1 amide bonds. The Morgan fingerprint density at radius 1 is 1.44 bits per heavy atom. The third-order valence-corrected chi connectivity index (χ3v) is 5.07. The lowest BCUT2D eigenvalue weighted by atomic mass is 9.90. The Morgan fingerprint density at radius 2 is 2.16 bits per heavy atom. The third kappa shape index (κ3) is 4.37. The van der Waals surface area contributed by atoms with Crippen LogP contribution in [0.3, 0.4) is 0 Å². The van der Waals surface area contributed by atoms with Gasteiger partial charge < -0.3 is 5.32 Å². The number of benzene rings is 1. The number of tetrazole rings is 1. The molecule has 1 aromatic heterocycles. The maximum Gasteiger partial charge on any atom is 0.231 e. The molecule has 132 valence electrons. The average Bonchev–Trinajstić information content (AvgIpc) is 3.03. The van der Waals surface area contributed by atoms with Crippen LogP contribution < -0.4 is 5.32 Å². The summed E-state index contributed by atoms with van der Waals surface area (Å²) in [6.45, 7) is 9.51. The number of aromatic nitrogens is 4. The Balaban J connectivity index is 2.11. The molecule has 0 saturated carbocycles. The van der Waals surface area contributed by atoms with Crippen molar-refractivity contribution in [2.45, 2.75) is 45.3 Å². The Hall–Kier alpha value is -2.40. The molecule has 1 N–H and O–H groups in total. The van der Waals surface area contributed by atoms with Gasteiger partial charge in [-0.2, -0.15) is 9.94 Å². The van der Waals surface area contributed by atoms with E-state index in [1.54, 1.807) is 11.6 Å². The molecular formula is C17H22N6OS. The molecule has 0 aliphatic heterocycles. The van der Waals surface area contributed by atoms with Crippen molar-refractivity contribution in [3.63, 3.8) is 0 Å². The molecule has 25 heavy (non-hydrogen) atoms. The van der Waals surface area contributed by atoms with E-state index in [0.717, 1.165) is 16.8 Å². The van der Waals surface area contributed by atoms with Gasteiger partial charge >= 0.3 is 0 Å². The van der Waals surface area contributed by atoms with Crippen LogP contribution in [0.25, 0.3) is 5.69 Å². The minimum atomic E-state index is -0.892. The lowest BCUT2D eigenvalue weighted by Gasteiger charge is -2.27. The number of nitrogens with one attached hydrogen (secondary N) is 1. The predicted octanol–water partition coefficient (Wildman–Crippen LogP) is 2.43. The molecule has 2 aromatic rings. The first kappa shape index (κ1) is 18.9. The summed E-state index contributed by atoms with van der Waals surface area (Å²) in [7, 11) is 0. The van der Waals surface area contributed by atoms with Crippen LogP contribution in [0.2, 0.25) is 0 Å². The van der Waals surface area contributed by atoms with E-state index in [1.165, 1.54) is 11.8 Å². The van der Waals surface area contributed by atoms with Crippen LogP contribution in [-0.4, -0.2) is 37.4 Å². The van der Waals surface area contributed by atoms with E-state index >= 15 is 0 Å². The molecule has 7 nitrogen and oxygen atoms in total. The van der Waals surface area contributed by atoms with E-state index in [4.69, 9.17) is 0 Å². The van der Waals surface area contributed by atoms with Crippen molar-refractivity contribution >= 4 is 17.7 Å². The first-order chi connectivity index (χ1) is 11.8. The number of carbonyl (C=O) groups excluding carboxylic acids is 1. The molecule has 8 heteroatoms. The maximum atomic E-state index is 12.2. The van der Waals surface area contributed by atoms with Gasteiger partial charge in [-0.25, -0.2) is 0 Å². The summed E-state index contributed by atoms with van der Waals surface area (Å²) in [5.74, 6) is -0.0835. The Kier molecular flexibility index (Phi) is 5.80. The van der Waals surface area contributed by atoms with Crippen LogP contribution >= 0.6 is 11.8 Å². The summed E-state index contributed by atoms with van der Waals surface area (Å²) in [4.78, 5) is 12.2. The van der Waals surface area contributed by atoms with E-state index in [0.29, 0.717) is 5.16 Å². The van der Waals surface area contributed by atoms with Gasteiger partial charge in [0.2, 0.25) is 11.1 Å². The molecule has 0 spiro atoms. The lowest BCUT2D eigenvalue weighted by Crippen LogP contribution is -2.49. The average molecular weight is 358 g/mol. The highest BCUT2D eigenvalue weighted by atomic mass is 32.2. The molecule has 0 aliphatic rings. The van der Waals surface area contributed by atoms with Crippen molar-refractivity contribution in [2.24, 2.45) is 5.92 Å². The topological polar surface area (TPSA) is 96.5 Å². The monoisotopic (exact) mass is 358 g/mol. The van der Waals surface area contributed by atoms with Crippen LogP contribution in [0, 0.1) is 31.1 Å². The molecule has 0 radical (unpaired) electrons. The molecule has 0 unspecified atom stereocenters. The first-order valence-electron chi connectivity index (χ1n) is 7.98. The van der Waals surface area contributed by atoms with Gasteiger partial charge in [0.25, 0.3) is 0 Å². The number of aryl methyl sites for hydroxylation is 2. The minimum Gasteiger partial charge on any atom is -0.337 e. The number of nitrogens with zero attached hydrogens (tertiary/aromatic N) is 5. The van der Waals surface area contributed by atoms with Crippen LogP contribution in [0.5, 0.6) is 0 Å². The Bertz CT molecular complexity index is 810. The number of hydrogen-bond donors (Lipinski definition) is 1. The molecule has 0 bridgehead atoms. The normalized spacial score (nSPS) is 13.3. The largest absolute Gasteiger partial charge is 0.337 e. The van der Waals surface area contributed by atoms with Gasteiger partial charge in [-0.3, -0.25) is 4.79 Å². The molecule has 2 rings (SSSR count). The molecule has 1 heterocycles. The van der Waals surface area contributed by atoms with Crippen molar-refractivity contribution in [1.29, 1.82) is 5.26 Å². The van der Waals surface area contributed by atoms with Crippen LogP contribution in [0.15, 0.2) is 23.4 Å². The molecule has 1 atom stereocenters. The second-order valence-electron chi connectivity index (χ2n) is 6.47. The third-order valence-electron chi connectivity index (χ3n) is 4.15. The quantitative estimate of drug-likeness (QED) is 0.797. The predicted molar refractivity (Wildman–Crippen MR) is 96.4 cm³/mol. The van der Waals surface area contributed by atoms with Crippen LogP contribution in [0.1, 0.15) is 31.9 Å². The van der Waals surface area contributed by atoms with Crippen molar-refractivity contribution in [1.82, 2.24) is 25.5 Å². The van der Waals surface area contributed by atoms with Gasteiger partial charge in [-0.15, -0.1) is 5.10 Å². The van der Waals surface area contributed by atoms with Crippen molar-refractivity contribution in [3.05, 3.63) is 29.3 Å². The van der Waals surface area contributed by atoms with Gasteiger partial charge in [0.05, 0.1) is 17.5 Å². The minimum absolute atomic E-state index is 0.00622. The van der Waals surface area contributed by atoms with Gasteiger partial charge in [0, 0.05) is 0 Å². The Labute approximate surface area is 151 Å². The van der Waals surface area contributed by atoms with Gasteiger partial charge in [-0.1, -0.05) is 37.7 Å². The fraction of sp³-hybridized carbons (Fsp3) is 0.471. The SMILES string of the molecule is Cc1ccc(C)c(-n2nnnc2SCC(=O)N[C@](C)(C#N)C(C)C)c1. The van der Waals surface area contributed by atoms with Gasteiger partial charge in [0.1, 0.15) is 5.54 Å². The number of thioether (sulfide) groups is 1. The molecular weight excluding hydrogens is 336 g/mol. The zero-order valence-corrected chi connectivity index (χ0v) is 15.9. The van der Waals surface area contributed by atoms with Crippen LogP contribution in [0.4, 0.5) is 0 Å². The number of amides is 1. The van der Waals surface area contributed by atoms with Crippen LogP contribution in [-0.2, 0) is 4.79 Å². The van der Waals surface area contributed by atoms with Crippen molar-refractivity contribution in [3.8, 4) is 11.8 Å². The maximum absolute atomic E-state index is 12.2. The fourth-order valence-corrected chi connectivity index (χ4v) is 2.81. The summed E-state index contributed by atoms with van der Waals surface area (Å²) < 4.78 is 1.63. The van der Waals surface area contributed by atoms with E-state index in [-0.39, 0.29) is 17.6 Å². The first-order valence-corrected chi connectivity index (χ1v) is 8.96. The molecule has 1 aromatic carbocycles. The highest BCUT2D eigenvalue weighted by molar-refractivity contribution is 7.99. The number of rotatable bonds is 6. The zero-order chi connectivity index (χ0) is 18.6. The fourth-order valence-electron chi connectivity index (χ4n) is 2.12. The van der Waals surface area contributed by atoms with Gasteiger partial charge in [-0.05, 0) is 54.3 Å². The number of nitriles is 1. The van der Waals surface area contributed by atoms with E-state index in [9.17, 15) is 10.1 Å². The standard InChI is InChI=1S/C17H22N6OS/c1-11(2)17(5,10-18)19-15(24)9-25-16-20-21-22-23(16)14-8-12(3)6-7-13(14)4/h6-8,11H,9H2,1-5H3,(H,19,24)/t17-/m1/s1. The van der Waals surface area contributed by atoms with E-state index < -0.39 is 5.54 Å². The summed E-state index contributed by atoms with van der Waals surface area (Å²) >= 11 is 1.24. The molecule has 0 fully saturated rings.